The second-order valence-corrected chi connectivity index (χ2v) is 1.69. The lowest BCUT2D eigenvalue weighted by Gasteiger charge is -1.93. The Morgan fingerprint density at radius 3 is 2.80 bits per heavy atom. The first-order valence-corrected chi connectivity index (χ1v) is 2.88. The van der Waals surface area contributed by atoms with Gasteiger partial charge in [-0.05, 0) is 6.42 Å². The van der Waals surface area contributed by atoms with Crippen LogP contribution in [0.4, 0.5) is 0 Å². The smallest absolute Gasteiger partial charge is 0.364 e. The summed E-state index contributed by atoms with van der Waals surface area (Å²) in [7, 11) is 0. The highest BCUT2D eigenvalue weighted by Crippen LogP contribution is 1.80. The fourth-order valence-corrected chi connectivity index (χ4v) is 0.283. The van der Waals surface area contributed by atoms with Gasteiger partial charge in [0, 0.05) is 5.92 Å². The van der Waals surface area contributed by atoms with E-state index in [1.807, 2.05) is 6.92 Å². The highest BCUT2D eigenvalue weighted by Gasteiger charge is 1.93. The maximum atomic E-state index is 10.3. The van der Waals surface area contributed by atoms with Crippen molar-refractivity contribution in [2.24, 2.45) is 11.6 Å². The molecule has 4 N–H and O–H groups in total. The minimum Gasteiger partial charge on any atom is -0.364 e. The van der Waals surface area contributed by atoms with Gasteiger partial charge in [-0.3, -0.25) is 0 Å². The summed E-state index contributed by atoms with van der Waals surface area (Å²) in [6.45, 7) is 1.87. The number of carbonyl (C=O) groups excluding carboxylic acids is 1. The van der Waals surface area contributed by atoms with Crippen molar-refractivity contribution in [1.82, 2.24) is 0 Å². The summed E-state index contributed by atoms with van der Waals surface area (Å²) in [5.74, 6) is 8.32. The Morgan fingerprint density at radius 1 is 1.80 bits per heavy atom. The monoisotopic (exact) mass is 142 g/mol. The Kier molecular flexibility index (Phi) is 4.29. The zero-order chi connectivity index (χ0) is 7.98. The molecule has 0 aliphatic carbocycles. The second-order valence-electron chi connectivity index (χ2n) is 1.69. The molecule has 0 saturated carbocycles. The van der Waals surface area contributed by atoms with Gasteiger partial charge in [-0.1, -0.05) is 12.8 Å². The van der Waals surface area contributed by atoms with Crippen molar-refractivity contribution in [3.05, 3.63) is 0 Å². The third-order valence-corrected chi connectivity index (χ3v) is 0.906. The van der Waals surface area contributed by atoms with Crippen molar-refractivity contribution in [1.29, 1.82) is 0 Å². The standard InChI is InChI=1S/C6H10N2O2/c1-2-5(7)3-4-6(9)10-8/h5H,2,7-8H2,1H3. The van der Waals surface area contributed by atoms with Crippen LogP contribution < -0.4 is 11.6 Å². The molecule has 1 atom stereocenters. The van der Waals surface area contributed by atoms with E-state index < -0.39 is 5.97 Å². The maximum absolute atomic E-state index is 10.3. The van der Waals surface area contributed by atoms with Gasteiger partial charge in [0.15, 0.2) is 0 Å². The lowest BCUT2D eigenvalue weighted by molar-refractivity contribution is -0.137. The Hall–Kier alpha value is -1.05. The van der Waals surface area contributed by atoms with E-state index in [0.29, 0.717) is 6.42 Å². The minimum atomic E-state index is -0.760. The van der Waals surface area contributed by atoms with Gasteiger partial charge in [0.2, 0.25) is 0 Å². The molecule has 0 aliphatic rings. The lowest BCUT2D eigenvalue weighted by Crippen LogP contribution is -2.16. The average Bonchev–Trinajstić information content (AvgIpc) is 1.99. The average molecular weight is 142 g/mol. The van der Waals surface area contributed by atoms with Crippen molar-refractivity contribution in [3.8, 4) is 11.8 Å². The molecule has 0 spiro atoms. The van der Waals surface area contributed by atoms with E-state index in [1.165, 1.54) is 0 Å². The van der Waals surface area contributed by atoms with Crippen LogP contribution in [0.1, 0.15) is 13.3 Å². The molecule has 0 radical (unpaired) electrons. The first-order chi connectivity index (χ1) is 4.70. The molecule has 0 aliphatic heterocycles. The third kappa shape index (κ3) is 3.89. The van der Waals surface area contributed by atoms with Crippen molar-refractivity contribution in [2.45, 2.75) is 19.4 Å². The maximum Gasteiger partial charge on any atom is 0.402 e. The van der Waals surface area contributed by atoms with Crippen molar-refractivity contribution < 1.29 is 9.63 Å². The molecular formula is C6H10N2O2. The van der Waals surface area contributed by atoms with Gasteiger partial charge in [-0.25, -0.2) is 4.79 Å². The predicted octanol–water partition coefficient (Wildman–Crippen LogP) is -0.856. The number of carbonyl (C=O) groups is 1. The van der Waals surface area contributed by atoms with Crippen LogP contribution in [-0.2, 0) is 9.63 Å². The molecule has 56 valence electrons. The topological polar surface area (TPSA) is 78.3 Å². The first kappa shape index (κ1) is 8.95. The number of hydrogen-bond acceptors (Lipinski definition) is 4. The molecule has 0 rings (SSSR count). The molecule has 0 amide bonds. The van der Waals surface area contributed by atoms with Crippen LogP contribution in [0.25, 0.3) is 0 Å². The Bertz CT molecular complexity index is 168. The van der Waals surface area contributed by atoms with Crippen LogP contribution in [0.5, 0.6) is 0 Å². The fourth-order valence-electron chi connectivity index (χ4n) is 0.283. The molecule has 0 aromatic rings. The molecule has 0 fully saturated rings. The van der Waals surface area contributed by atoms with E-state index >= 15 is 0 Å². The Labute approximate surface area is 59.5 Å². The summed E-state index contributed by atoms with van der Waals surface area (Å²) in [6, 6.07) is -0.279. The molecule has 10 heavy (non-hydrogen) atoms. The van der Waals surface area contributed by atoms with Crippen LogP contribution in [0.2, 0.25) is 0 Å². The molecule has 4 nitrogen and oxygen atoms in total. The second kappa shape index (κ2) is 4.79. The van der Waals surface area contributed by atoms with E-state index in [0.717, 1.165) is 0 Å². The van der Waals surface area contributed by atoms with Gasteiger partial charge in [0.05, 0.1) is 6.04 Å². The predicted molar refractivity (Wildman–Crippen MR) is 36.3 cm³/mol. The summed E-state index contributed by atoms with van der Waals surface area (Å²) in [5, 5.41) is 0. The Balaban J connectivity index is 3.78. The summed E-state index contributed by atoms with van der Waals surface area (Å²) >= 11 is 0. The van der Waals surface area contributed by atoms with Crippen molar-refractivity contribution in [2.75, 3.05) is 0 Å². The molecule has 0 aromatic heterocycles. The molecule has 0 aromatic carbocycles. The van der Waals surface area contributed by atoms with Crippen LogP contribution in [0, 0.1) is 11.8 Å². The number of hydrogen-bond donors (Lipinski definition) is 2. The molecule has 0 heterocycles. The van der Waals surface area contributed by atoms with Gasteiger partial charge >= 0.3 is 5.97 Å². The quantitative estimate of drug-likeness (QED) is 0.369. The molecule has 1 unspecified atom stereocenters. The minimum absolute atomic E-state index is 0.279. The SMILES string of the molecule is CCC(N)C#CC(=O)ON. The van der Waals surface area contributed by atoms with Gasteiger partial charge in [-0.2, -0.15) is 5.90 Å². The Morgan fingerprint density at radius 2 is 2.40 bits per heavy atom. The summed E-state index contributed by atoms with van der Waals surface area (Å²) in [4.78, 5) is 14.0. The van der Waals surface area contributed by atoms with Crippen LogP contribution >= 0.6 is 0 Å². The van der Waals surface area contributed by atoms with Crippen LogP contribution in [0.15, 0.2) is 0 Å². The third-order valence-electron chi connectivity index (χ3n) is 0.906. The molecule has 0 bridgehead atoms. The van der Waals surface area contributed by atoms with Gasteiger partial charge in [0.1, 0.15) is 0 Å². The largest absolute Gasteiger partial charge is 0.402 e. The molecular weight excluding hydrogens is 132 g/mol. The normalized spacial score (nSPS) is 11.1. The van der Waals surface area contributed by atoms with E-state index in [9.17, 15) is 4.79 Å². The zero-order valence-corrected chi connectivity index (χ0v) is 5.76. The van der Waals surface area contributed by atoms with Gasteiger partial charge in [0.25, 0.3) is 0 Å². The van der Waals surface area contributed by atoms with E-state index in [2.05, 4.69) is 22.6 Å². The molecule has 0 saturated heterocycles. The summed E-state index contributed by atoms with van der Waals surface area (Å²) < 4.78 is 0. The fraction of sp³-hybridized carbons (Fsp3) is 0.500. The van der Waals surface area contributed by atoms with Crippen LogP contribution in [-0.4, -0.2) is 12.0 Å². The molecule has 4 heteroatoms. The lowest BCUT2D eigenvalue weighted by atomic mass is 10.2. The number of nitrogens with two attached hydrogens (primary N) is 2. The number of rotatable bonds is 1. The highest BCUT2D eigenvalue weighted by atomic mass is 16.7. The van der Waals surface area contributed by atoms with Crippen molar-refractivity contribution in [3.63, 3.8) is 0 Å². The van der Waals surface area contributed by atoms with E-state index in [1.54, 1.807) is 0 Å². The summed E-state index contributed by atoms with van der Waals surface area (Å²) in [6.07, 6.45) is 0.699. The van der Waals surface area contributed by atoms with Gasteiger partial charge < -0.3 is 10.6 Å². The van der Waals surface area contributed by atoms with Crippen LogP contribution in [0.3, 0.4) is 0 Å². The van der Waals surface area contributed by atoms with Crippen molar-refractivity contribution >= 4 is 5.97 Å². The summed E-state index contributed by atoms with van der Waals surface area (Å²) in [5.41, 5.74) is 5.35. The first-order valence-electron chi connectivity index (χ1n) is 2.88. The highest BCUT2D eigenvalue weighted by molar-refractivity contribution is 5.88. The van der Waals surface area contributed by atoms with Gasteiger partial charge in [-0.15, -0.1) is 0 Å². The van der Waals surface area contributed by atoms with E-state index in [-0.39, 0.29) is 6.04 Å². The zero-order valence-electron chi connectivity index (χ0n) is 5.76. The van der Waals surface area contributed by atoms with E-state index in [4.69, 9.17) is 5.73 Å².